The number of nitrogens with zero attached hydrogens (tertiary/aromatic N) is 2. The Morgan fingerprint density at radius 3 is 2.63 bits per heavy atom. The molecule has 138 valence electrons. The monoisotopic (exact) mass is 383 g/mol. The predicted molar refractivity (Wildman–Crippen MR) is 104 cm³/mol. The number of benzene rings is 2. The standard InChI is InChI=1S/C20H18ClN3O3/c21-15-6-7-18(24-8-10-26-11-9-24)16(12-15)22-20(25)17-13-19(27-23-17)14-4-2-1-3-5-14/h1-7,12-13H,8-11H2,(H,22,25). The van der Waals surface area contributed by atoms with Crippen molar-refractivity contribution in [2.24, 2.45) is 0 Å². The highest BCUT2D eigenvalue weighted by molar-refractivity contribution is 6.31. The van der Waals surface area contributed by atoms with Gasteiger partial charge in [0, 0.05) is 29.7 Å². The van der Waals surface area contributed by atoms with Gasteiger partial charge in [-0.2, -0.15) is 0 Å². The molecule has 7 heteroatoms. The SMILES string of the molecule is O=C(Nc1cc(Cl)ccc1N1CCOCC1)c1cc(-c2ccccc2)on1. The minimum absolute atomic E-state index is 0.210. The summed E-state index contributed by atoms with van der Waals surface area (Å²) in [7, 11) is 0. The average Bonchev–Trinajstić information content (AvgIpc) is 3.20. The number of rotatable bonds is 4. The van der Waals surface area contributed by atoms with Gasteiger partial charge in [-0.15, -0.1) is 0 Å². The van der Waals surface area contributed by atoms with Crippen molar-refractivity contribution >= 4 is 28.9 Å². The maximum atomic E-state index is 12.7. The fourth-order valence-corrected chi connectivity index (χ4v) is 3.17. The van der Waals surface area contributed by atoms with Crippen LogP contribution in [0.1, 0.15) is 10.5 Å². The first-order valence-corrected chi connectivity index (χ1v) is 9.04. The maximum absolute atomic E-state index is 12.7. The number of anilines is 2. The van der Waals surface area contributed by atoms with Gasteiger partial charge in [-0.25, -0.2) is 0 Å². The van der Waals surface area contributed by atoms with Crippen molar-refractivity contribution in [2.75, 3.05) is 36.5 Å². The number of carbonyl (C=O) groups is 1. The van der Waals surface area contributed by atoms with Gasteiger partial charge in [-0.3, -0.25) is 4.79 Å². The molecule has 0 aliphatic carbocycles. The molecule has 1 saturated heterocycles. The number of nitrogens with one attached hydrogen (secondary N) is 1. The van der Waals surface area contributed by atoms with E-state index in [-0.39, 0.29) is 11.6 Å². The quantitative estimate of drug-likeness (QED) is 0.735. The summed E-state index contributed by atoms with van der Waals surface area (Å²) in [5, 5.41) is 7.35. The third kappa shape index (κ3) is 3.97. The molecule has 4 rings (SSSR count). The first-order valence-electron chi connectivity index (χ1n) is 8.66. The summed E-state index contributed by atoms with van der Waals surface area (Å²) in [6.45, 7) is 2.82. The molecule has 27 heavy (non-hydrogen) atoms. The highest BCUT2D eigenvalue weighted by Gasteiger charge is 2.19. The molecule has 0 atom stereocenters. The summed E-state index contributed by atoms with van der Waals surface area (Å²) < 4.78 is 10.7. The van der Waals surface area contributed by atoms with Crippen LogP contribution >= 0.6 is 11.6 Å². The molecule has 1 aliphatic rings. The molecule has 1 fully saturated rings. The van der Waals surface area contributed by atoms with Gasteiger partial charge < -0.3 is 19.5 Å². The Hall–Kier alpha value is -2.83. The molecule has 0 saturated carbocycles. The number of ether oxygens (including phenoxy) is 1. The van der Waals surface area contributed by atoms with Gasteiger partial charge in [0.1, 0.15) is 0 Å². The summed E-state index contributed by atoms with van der Waals surface area (Å²) in [5.74, 6) is 0.193. The maximum Gasteiger partial charge on any atom is 0.277 e. The second-order valence-corrected chi connectivity index (χ2v) is 6.59. The molecule has 0 spiro atoms. The van der Waals surface area contributed by atoms with E-state index < -0.39 is 0 Å². The summed E-state index contributed by atoms with van der Waals surface area (Å²) in [6, 6.07) is 16.6. The number of amides is 1. The van der Waals surface area contributed by atoms with Gasteiger partial charge in [0.15, 0.2) is 11.5 Å². The van der Waals surface area contributed by atoms with Crippen LogP contribution in [0.5, 0.6) is 0 Å². The van der Waals surface area contributed by atoms with Crippen LogP contribution in [0.4, 0.5) is 11.4 Å². The zero-order valence-corrected chi connectivity index (χ0v) is 15.3. The smallest absolute Gasteiger partial charge is 0.277 e. The van der Waals surface area contributed by atoms with E-state index in [9.17, 15) is 4.79 Å². The number of hydrogen-bond acceptors (Lipinski definition) is 5. The second kappa shape index (κ2) is 7.82. The molecule has 2 aromatic carbocycles. The van der Waals surface area contributed by atoms with Crippen molar-refractivity contribution in [3.8, 4) is 11.3 Å². The van der Waals surface area contributed by atoms with Gasteiger partial charge >= 0.3 is 0 Å². The van der Waals surface area contributed by atoms with Crippen molar-refractivity contribution in [1.82, 2.24) is 5.16 Å². The largest absolute Gasteiger partial charge is 0.378 e. The van der Waals surface area contributed by atoms with Crippen LogP contribution in [0, 0.1) is 0 Å². The normalized spacial score (nSPS) is 14.2. The number of morpholine rings is 1. The number of halogens is 1. The van der Waals surface area contributed by atoms with Crippen LogP contribution in [0.25, 0.3) is 11.3 Å². The first-order chi connectivity index (χ1) is 13.2. The molecule has 2 heterocycles. The van der Waals surface area contributed by atoms with Crippen molar-refractivity contribution < 1.29 is 14.1 Å². The van der Waals surface area contributed by atoms with Gasteiger partial charge in [-0.1, -0.05) is 47.1 Å². The number of aromatic nitrogens is 1. The topological polar surface area (TPSA) is 67.6 Å². The van der Waals surface area contributed by atoms with Crippen LogP contribution in [-0.4, -0.2) is 37.4 Å². The van der Waals surface area contributed by atoms with E-state index in [4.69, 9.17) is 20.9 Å². The van der Waals surface area contributed by atoms with Crippen LogP contribution in [0.2, 0.25) is 5.02 Å². The van der Waals surface area contributed by atoms with E-state index in [2.05, 4.69) is 15.4 Å². The van der Waals surface area contributed by atoms with E-state index in [0.717, 1.165) is 24.3 Å². The molecular weight excluding hydrogens is 366 g/mol. The summed E-state index contributed by atoms with van der Waals surface area (Å²) in [5.41, 5.74) is 2.61. The van der Waals surface area contributed by atoms with E-state index >= 15 is 0 Å². The number of hydrogen-bond donors (Lipinski definition) is 1. The Morgan fingerprint density at radius 1 is 1.07 bits per heavy atom. The van der Waals surface area contributed by atoms with Crippen molar-refractivity contribution in [3.05, 3.63) is 65.3 Å². The second-order valence-electron chi connectivity index (χ2n) is 6.16. The molecule has 1 N–H and O–H groups in total. The Morgan fingerprint density at radius 2 is 1.85 bits per heavy atom. The fraction of sp³-hybridized carbons (Fsp3) is 0.200. The van der Waals surface area contributed by atoms with Crippen LogP contribution in [-0.2, 0) is 4.74 Å². The van der Waals surface area contributed by atoms with Gasteiger partial charge in [0.05, 0.1) is 24.6 Å². The third-order valence-corrected chi connectivity index (χ3v) is 4.59. The van der Waals surface area contributed by atoms with Crippen LogP contribution in [0.3, 0.4) is 0 Å². The predicted octanol–water partition coefficient (Wildman–Crippen LogP) is 4.08. The molecule has 0 unspecified atom stereocenters. The van der Waals surface area contributed by atoms with E-state index in [1.807, 2.05) is 42.5 Å². The molecule has 1 aliphatic heterocycles. The van der Waals surface area contributed by atoms with Crippen LogP contribution < -0.4 is 10.2 Å². The van der Waals surface area contributed by atoms with Crippen molar-refractivity contribution in [2.45, 2.75) is 0 Å². The lowest BCUT2D eigenvalue weighted by molar-refractivity contribution is 0.101. The molecule has 1 amide bonds. The third-order valence-electron chi connectivity index (χ3n) is 4.36. The van der Waals surface area contributed by atoms with E-state index in [0.29, 0.717) is 29.7 Å². The Balaban J connectivity index is 1.56. The van der Waals surface area contributed by atoms with Crippen molar-refractivity contribution in [3.63, 3.8) is 0 Å². The highest BCUT2D eigenvalue weighted by Crippen LogP contribution is 2.30. The lowest BCUT2D eigenvalue weighted by atomic mass is 10.1. The summed E-state index contributed by atoms with van der Waals surface area (Å²) >= 11 is 6.14. The van der Waals surface area contributed by atoms with Gasteiger partial charge in [-0.05, 0) is 18.2 Å². The first kappa shape index (κ1) is 17.6. The van der Waals surface area contributed by atoms with E-state index in [1.54, 1.807) is 12.1 Å². The molecular formula is C20H18ClN3O3. The Labute approximate surface area is 161 Å². The molecule has 6 nitrogen and oxygen atoms in total. The zero-order chi connectivity index (χ0) is 18.6. The lowest BCUT2D eigenvalue weighted by Gasteiger charge is -2.30. The summed E-state index contributed by atoms with van der Waals surface area (Å²) in [6.07, 6.45) is 0. The molecule has 0 bridgehead atoms. The highest BCUT2D eigenvalue weighted by atomic mass is 35.5. The fourth-order valence-electron chi connectivity index (χ4n) is 3.00. The Bertz CT molecular complexity index is 937. The molecule has 3 aromatic rings. The minimum atomic E-state index is -0.349. The zero-order valence-electron chi connectivity index (χ0n) is 14.5. The number of carbonyl (C=O) groups excluding carboxylic acids is 1. The summed E-state index contributed by atoms with van der Waals surface area (Å²) in [4.78, 5) is 14.8. The van der Waals surface area contributed by atoms with Gasteiger partial charge in [0.2, 0.25) is 0 Å². The van der Waals surface area contributed by atoms with E-state index in [1.165, 1.54) is 0 Å². The van der Waals surface area contributed by atoms with Gasteiger partial charge in [0.25, 0.3) is 5.91 Å². The minimum Gasteiger partial charge on any atom is -0.378 e. The van der Waals surface area contributed by atoms with Crippen LogP contribution in [0.15, 0.2) is 59.1 Å². The van der Waals surface area contributed by atoms with Crippen molar-refractivity contribution in [1.29, 1.82) is 0 Å². The molecule has 0 radical (unpaired) electrons. The lowest BCUT2D eigenvalue weighted by Crippen LogP contribution is -2.36. The molecule has 1 aromatic heterocycles. The Kier molecular flexibility index (Phi) is 5.09. The average molecular weight is 384 g/mol.